The first-order valence-corrected chi connectivity index (χ1v) is 8.59. The predicted molar refractivity (Wildman–Crippen MR) is 98.9 cm³/mol. The van der Waals surface area contributed by atoms with Crippen LogP contribution >= 0.6 is 34.8 Å². The zero-order valence-corrected chi connectivity index (χ0v) is 16.3. The van der Waals surface area contributed by atoms with E-state index in [0.717, 1.165) is 6.07 Å². The molecule has 0 amide bonds. The number of benzene rings is 2. The number of alkyl halides is 3. The first-order chi connectivity index (χ1) is 13.3. The third-order valence-electron chi connectivity index (χ3n) is 3.73. The molecule has 0 saturated carbocycles. The number of hydrogen-bond donors (Lipinski definition) is 0. The van der Waals surface area contributed by atoms with Gasteiger partial charge in [-0.05, 0) is 13.0 Å². The third-order valence-corrected chi connectivity index (χ3v) is 4.64. The van der Waals surface area contributed by atoms with Crippen molar-refractivity contribution in [2.24, 2.45) is 0 Å². The van der Waals surface area contributed by atoms with Crippen molar-refractivity contribution in [1.82, 2.24) is 0 Å². The van der Waals surface area contributed by atoms with Crippen LogP contribution in [0.4, 0.5) is 40.3 Å². The number of anilines is 2. The average Bonchev–Trinajstić information content (AvgIpc) is 2.61. The molecule has 0 spiro atoms. The van der Waals surface area contributed by atoms with Crippen molar-refractivity contribution in [1.29, 1.82) is 0 Å². The smallest absolute Gasteiger partial charge is 0.333 e. The summed E-state index contributed by atoms with van der Waals surface area (Å²) in [7, 11) is 0. The van der Waals surface area contributed by atoms with Gasteiger partial charge in [-0.25, -0.2) is 4.39 Å². The topological polar surface area (TPSA) is 89.5 Å². The van der Waals surface area contributed by atoms with Crippen molar-refractivity contribution >= 4 is 57.6 Å². The summed E-state index contributed by atoms with van der Waals surface area (Å²) in [6.07, 6.45) is -5.23. The van der Waals surface area contributed by atoms with Gasteiger partial charge in [-0.1, -0.05) is 34.8 Å². The van der Waals surface area contributed by atoms with Crippen molar-refractivity contribution < 1.29 is 27.4 Å². The lowest BCUT2D eigenvalue weighted by Gasteiger charge is -2.28. The van der Waals surface area contributed by atoms with E-state index in [1.54, 1.807) is 0 Å². The van der Waals surface area contributed by atoms with Crippen molar-refractivity contribution in [2.45, 2.75) is 13.1 Å². The molecule has 156 valence electrons. The monoisotopic (exact) mass is 475 g/mol. The van der Waals surface area contributed by atoms with Crippen LogP contribution in [-0.2, 0) is 6.18 Å². The summed E-state index contributed by atoms with van der Waals surface area (Å²) in [6, 6.07) is 1.37. The van der Waals surface area contributed by atoms with Crippen LogP contribution in [0.3, 0.4) is 0 Å². The van der Waals surface area contributed by atoms with E-state index < -0.39 is 60.2 Å². The molecule has 0 aliphatic carbocycles. The zero-order chi connectivity index (χ0) is 22.3. The molecule has 0 radical (unpaired) electrons. The van der Waals surface area contributed by atoms with E-state index >= 15 is 0 Å². The summed E-state index contributed by atoms with van der Waals surface area (Å²) in [5.74, 6) is -1.20. The van der Waals surface area contributed by atoms with Gasteiger partial charge in [0.25, 0.3) is 11.4 Å². The van der Waals surface area contributed by atoms with Crippen LogP contribution in [0.5, 0.6) is 0 Å². The molecular formula is C15H8Cl3F4N3O4. The fourth-order valence-electron chi connectivity index (χ4n) is 2.58. The maximum atomic E-state index is 14.2. The number of rotatable bonds is 5. The first kappa shape index (κ1) is 22.9. The van der Waals surface area contributed by atoms with Crippen molar-refractivity contribution in [3.63, 3.8) is 0 Å². The number of halogens is 7. The zero-order valence-electron chi connectivity index (χ0n) is 14.1. The van der Waals surface area contributed by atoms with Crippen LogP contribution < -0.4 is 4.90 Å². The van der Waals surface area contributed by atoms with E-state index in [2.05, 4.69) is 0 Å². The molecule has 29 heavy (non-hydrogen) atoms. The number of nitrogens with zero attached hydrogens (tertiary/aromatic N) is 3. The number of non-ortho nitro benzene ring substituents is 1. The van der Waals surface area contributed by atoms with Gasteiger partial charge in [0.15, 0.2) is 5.82 Å². The van der Waals surface area contributed by atoms with Crippen molar-refractivity contribution in [2.75, 3.05) is 11.4 Å². The largest absolute Gasteiger partial charge is 0.418 e. The molecule has 0 atom stereocenters. The highest BCUT2D eigenvalue weighted by Crippen LogP contribution is 2.50. The quantitative estimate of drug-likeness (QED) is 0.156. The molecule has 0 aliphatic rings. The second-order valence-electron chi connectivity index (χ2n) is 5.43. The maximum Gasteiger partial charge on any atom is 0.418 e. The van der Waals surface area contributed by atoms with Crippen LogP contribution in [-0.4, -0.2) is 16.4 Å². The first-order valence-electron chi connectivity index (χ1n) is 7.45. The Labute approximate surface area is 174 Å². The molecule has 0 unspecified atom stereocenters. The molecule has 0 heterocycles. The Morgan fingerprint density at radius 1 is 1.00 bits per heavy atom. The molecule has 14 heteroatoms. The molecule has 0 aliphatic heterocycles. The highest BCUT2D eigenvalue weighted by molar-refractivity contribution is 6.42. The van der Waals surface area contributed by atoms with Gasteiger partial charge in [-0.2, -0.15) is 13.2 Å². The molecule has 0 bridgehead atoms. The van der Waals surface area contributed by atoms with Crippen LogP contribution in [0.1, 0.15) is 12.5 Å². The molecule has 0 aromatic heterocycles. The number of hydrogen-bond acceptors (Lipinski definition) is 5. The minimum atomic E-state index is -5.23. The SMILES string of the molecule is CCN(c1c([N+](=O)[O-])cc([N+](=O)[O-])cc1C(F)(F)F)c1c(Cl)cc(Cl)c(F)c1Cl. The molecule has 7 nitrogen and oxygen atoms in total. The van der Waals surface area contributed by atoms with Crippen LogP contribution in [0, 0.1) is 26.0 Å². The molecular weight excluding hydrogens is 469 g/mol. The molecule has 0 saturated heterocycles. The summed E-state index contributed by atoms with van der Waals surface area (Å²) < 4.78 is 55.1. The van der Waals surface area contributed by atoms with Gasteiger partial charge in [0.05, 0.1) is 37.2 Å². The van der Waals surface area contributed by atoms with Crippen molar-refractivity contribution in [3.8, 4) is 0 Å². The Morgan fingerprint density at radius 3 is 2.03 bits per heavy atom. The molecule has 0 fully saturated rings. The van der Waals surface area contributed by atoms with Gasteiger partial charge in [0, 0.05) is 12.6 Å². The van der Waals surface area contributed by atoms with Gasteiger partial charge in [0.1, 0.15) is 10.7 Å². The number of nitro groups is 2. The summed E-state index contributed by atoms with van der Waals surface area (Å²) in [5.41, 5.74) is -5.68. The Hall–Kier alpha value is -2.37. The van der Waals surface area contributed by atoms with E-state index in [0.29, 0.717) is 11.0 Å². The van der Waals surface area contributed by atoms with Gasteiger partial charge in [-0.15, -0.1) is 0 Å². The maximum absolute atomic E-state index is 14.2. The summed E-state index contributed by atoms with van der Waals surface area (Å²) in [5, 5.41) is 20.7. The molecule has 2 aromatic carbocycles. The minimum absolute atomic E-state index is 0.138. The lowest BCUT2D eigenvalue weighted by molar-refractivity contribution is -0.394. The lowest BCUT2D eigenvalue weighted by Crippen LogP contribution is -2.23. The van der Waals surface area contributed by atoms with Gasteiger partial charge >= 0.3 is 6.18 Å². The summed E-state index contributed by atoms with van der Waals surface area (Å²) >= 11 is 17.4. The van der Waals surface area contributed by atoms with E-state index in [1.807, 2.05) is 0 Å². The van der Waals surface area contributed by atoms with E-state index in [9.17, 15) is 37.8 Å². The standard InChI is InChI=1S/C15H8Cl3F4N3O4/c1-2-23(14-9(17)5-8(16)12(19)11(14)18)13-7(15(20,21)22)3-6(24(26)27)4-10(13)25(28)29/h3-5H,2H2,1H3. The predicted octanol–water partition coefficient (Wildman–Crippen LogP) is 6.78. The fourth-order valence-corrected chi connectivity index (χ4v) is 3.55. The van der Waals surface area contributed by atoms with Crippen molar-refractivity contribution in [3.05, 3.63) is 64.9 Å². The van der Waals surface area contributed by atoms with Crippen LogP contribution in [0.25, 0.3) is 0 Å². The van der Waals surface area contributed by atoms with E-state index in [4.69, 9.17) is 34.8 Å². The summed E-state index contributed by atoms with van der Waals surface area (Å²) in [4.78, 5) is 20.6. The summed E-state index contributed by atoms with van der Waals surface area (Å²) in [6.45, 7) is 0.909. The van der Waals surface area contributed by atoms with Gasteiger partial charge < -0.3 is 4.90 Å². The number of nitro benzene ring substituents is 2. The normalized spacial score (nSPS) is 11.4. The lowest BCUT2D eigenvalue weighted by atomic mass is 10.1. The van der Waals surface area contributed by atoms with Gasteiger partial charge in [0.2, 0.25) is 0 Å². The second-order valence-corrected chi connectivity index (χ2v) is 6.63. The molecule has 2 aromatic rings. The van der Waals surface area contributed by atoms with Gasteiger partial charge in [-0.3, -0.25) is 20.2 Å². The van der Waals surface area contributed by atoms with E-state index in [-0.39, 0.29) is 17.6 Å². The molecule has 0 N–H and O–H groups in total. The fraction of sp³-hybridized carbons (Fsp3) is 0.200. The Morgan fingerprint density at radius 2 is 1.59 bits per heavy atom. The average molecular weight is 477 g/mol. The Kier molecular flexibility index (Phi) is 6.45. The molecule has 2 rings (SSSR count). The third kappa shape index (κ3) is 4.31. The van der Waals surface area contributed by atoms with E-state index in [1.165, 1.54) is 6.92 Å². The minimum Gasteiger partial charge on any atom is -0.333 e. The van der Waals surface area contributed by atoms with Crippen LogP contribution in [0.15, 0.2) is 18.2 Å². The highest BCUT2D eigenvalue weighted by atomic mass is 35.5. The Bertz CT molecular complexity index is 1020. The van der Waals surface area contributed by atoms with Crippen LogP contribution in [0.2, 0.25) is 15.1 Å². The second kappa shape index (κ2) is 8.17. The Balaban J connectivity index is 3.00. The highest BCUT2D eigenvalue weighted by Gasteiger charge is 2.42.